The largest absolute Gasteiger partial charge is 0.478 e. The predicted octanol–water partition coefficient (Wildman–Crippen LogP) is 1.82. The number of morpholine rings is 1. The summed E-state index contributed by atoms with van der Waals surface area (Å²) in [5.41, 5.74) is 1.97. The van der Waals surface area contributed by atoms with Gasteiger partial charge in [0.05, 0.1) is 18.8 Å². The zero-order chi connectivity index (χ0) is 14.5. The maximum atomic E-state index is 11.3. The molecule has 1 saturated heterocycles. The molecule has 1 N–H and O–H groups in total. The average Bonchev–Trinajstić information content (AvgIpc) is 2.38. The zero-order valence-corrected chi connectivity index (χ0v) is 12.7. The number of rotatable bonds is 5. The Morgan fingerprint density at radius 2 is 2.15 bits per heavy atom. The van der Waals surface area contributed by atoms with Crippen molar-refractivity contribution in [1.82, 2.24) is 9.88 Å². The molecule has 1 aliphatic heterocycles. The van der Waals surface area contributed by atoms with Crippen LogP contribution in [0.4, 0.5) is 0 Å². The van der Waals surface area contributed by atoms with E-state index in [0.717, 1.165) is 49.9 Å². The summed E-state index contributed by atoms with van der Waals surface area (Å²) in [5.74, 6) is -0.0558. The van der Waals surface area contributed by atoms with Crippen LogP contribution < -0.4 is 0 Å². The third kappa shape index (κ3) is 3.94. The summed E-state index contributed by atoms with van der Waals surface area (Å²) in [7, 11) is 0. The van der Waals surface area contributed by atoms with E-state index in [1.165, 1.54) is 11.8 Å². The lowest BCUT2D eigenvalue weighted by molar-refractivity contribution is 0.0410. The number of ether oxygens (including phenoxy) is 1. The molecule has 0 spiro atoms. The highest BCUT2D eigenvalue weighted by molar-refractivity contribution is 7.99. The lowest BCUT2D eigenvalue weighted by Crippen LogP contribution is -2.37. The topological polar surface area (TPSA) is 62.7 Å². The van der Waals surface area contributed by atoms with E-state index in [4.69, 9.17) is 4.74 Å². The van der Waals surface area contributed by atoms with E-state index in [0.29, 0.717) is 10.6 Å². The number of hydrogen-bond acceptors (Lipinski definition) is 5. The van der Waals surface area contributed by atoms with Crippen molar-refractivity contribution in [2.45, 2.75) is 18.9 Å². The number of pyridine rings is 1. The van der Waals surface area contributed by atoms with Crippen LogP contribution in [0.5, 0.6) is 0 Å². The summed E-state index contributed by atoms with van der Waals surface area (Å²) in [5, 5.41) is 9.93. The number of nitrogens with zero attached hydrogens (tertiary/aromatic N) is 2. The first-order valence-corrected chi connectivity index (χ1v) is 7.71. The maximum Gasteiger partial charge on any atom is 0.338 e. The minimum absolute atomic E-state index is 0.336. The standard InChI is InChI=1S/C14H20N2O3S/c1-10-9-11(2)15-13(12(10)14(17)18)20-8-5-16-3-6-19-7-4-16/h9H,3-8H2,1-2H3,(H,17,18). The Morgan fingerprint density at radius 1 is 1.45 bits per heavy atom. The molecule has 2 heterocycles. The number of aromatic nitrogens is 1. The molecule has 0 unspecified atom stereocenters. The van der Waals surface area contributed by atoms with Crippen molar-refractivity contribution in [1.29, 1.82) is 0 Å². The van der Waals surface area contributed by atoms with Gasteiger partial charge in [-0.2, -0.15) is 0 Å². The number of hydrogen-bond donors (Lipinski definition) is 1. The minimum atomic E-state index is -0.899. The monoisotopic (exact) mass is 296 g/mol. The average molecular weight is 296 g/mol. The van der Waals surface area contributed by atoms with E-state index in [-0.39, 0.29) is 0 Å². The van der Waals surface area contributed by atoms with E-state index in [1.54, 1.807) is 0 Å². The van der Waals surface area contributed by atoms with Gasteiger partial charge in [-0.05, 0) is 25.5 Å². The predicted molar refractivity (Wildman–Crippen MR) is 78.7 cm³/mol. The van der Waals surface area contributed by atoms with E-state index in [1.807, 2.05) is 19.9 Å². The fourth-order valence-corrected chi connectivity index (χ4v) is 3.41. The molecule has 0 aromatic carbocycles. The number of carbonyl (C=O) groups is 1. The van der Waals surface area contributed by atoms with Gasteiger partial charge >= 0.3 is 5.97 Å². The highest BCUT2D eigenvalue weighted by Crippen LogP contribution is 2.24. The van der Waals surface area contributed by atoms with E-state index >= 15 is 0 Å². The molecule has 0 amide bonds. The summed E-state index contributed by atoms with van der Waals surface area (Å²) in [6.45, 7) is 8.12. The van der Waals surface area contributed by atoms with Crippen molar-refractivity contribution < 1.29 is 14.6 Å². The second-order valence-electron chi connectivity index (χ2n) is 4.87. The van der Waals surface area contributed by atoms with E-state index in [9.17, 15) is 9.90 Å². The van der Waals surface area contributed by atoms with E-state index < -0.39 is 5.97 Å². The molecule has 6 heteroatoms. The van der Waals surface area contributed by atoms with Crippen LogP contribution in [0.2, 0.25) is 0 Å². The Kier molecular flexibility index (Phi) is 5.39. The summed E-state index contributed by atoms with van der Waals surface area (Å²) < 4.78 is 5.31. The highest BCUT2D eigenvalue weighted by Gasteiger charge is 2.17. The molecule has 1 aliphatic rings. The SMILES string of the molecule is Cc1cc(C)c(C(=O)O)c(SCCN2CCOCC2)n1. The molecule has 2 rings (SSSR count). The summed E-state index contributed by atoms with van der Waals surface area (Å²) in [6.07, 6.45) is 0. The zero-order valence-electron chi connectivity index (χ0n) is 11.9. The molecule has 0 atom stereocenters. The number of carboxylic acids is 1. The van der Waals surface area contributed by atoms with Crippen LogP contribution in [-0.2, 0) is 4.74 Å². The van der Waals surface area contributed by atoms with Crippen molar-refractivity contribution in [3.63, 3.8) is 0 Å². The fourth-order valence-electron chi connectivity index (χ4n) is 2.26. The van der Waals surface area contributed by atoms with Gasteiger partial charge in [-0.1, -0.05) is 0 Å². The Hall–Kier alpha value is -1.11. The van der Waals surface area contributed by atoms with Crippen molar-refractivity contribution in [2.75, 3.05) is 38.6 Å². The van der Waals surface area contributed by atoms with Gasteiger partial charge in [0.1, 0.15) is 5.03 Å². The van der Waals surface area contributed by atoms with Gasteiger partial charge in [0.25, 0.3) is 0 Å². The van der Waals surface area contributed by atoms with E-state index in [2.05, 4.69) is 9.88 Å². The summed E-state index contributed by atoms with van der Waals surface area (Å²) in [6, 6.07) is 1.81. The van der Waals surface area contributed by atoms with Gasteiger partial charge < -0.3 is 9.84 Å². The molecule has 0 saturated carbocycles. The molecule has 110 valence electrons. The summed E-state index contributed by atoms with van der Waals surface area (Å²) in [4.78, 5) is 18.0. The molecule has 20 heavy (non-hydrogen) atoms. The van der Waals surface area contributed by atoms with Crippen LogP contribution in [-0.4, -0.2) is 59.6 Å². The Labute approximate surface area is 123 Å². The molecular formula is C14H20N2O3S. The second-order valence-corrected chi connectivity index (χ2v) is 5.95. The van der Waals surface area contributed by atoms with Crippen molar-refractivity contribution >= 4 is 17.7 Å². The highest BCUT2D eigenvalue weighted by atomic mass is 32.2. The van der Waals surface area contributed by atoms with Crippen molar-refractivity contribution in [3.05, 3.63) is 22.9 Å². The lowest BCUT2D eigenvalue weighted by atomic mass is 10.1. The van der Waals surface area contributed by atoms with Gasteiger partial charge in [-0.25, -0.2) is 9.78 Å². The molecule has 5 nitrogen and oxygen atoms in total. The van der Waals surface area contributed by atoms with Gasteiger partial charge in [0.2, 0.25) is 0 Å². The van der Waals surface area contributed by atoms with Gasteiger partial charge in [-0.3, -0.25) is 4.90 Å². The van der Waals surface area contributed by atoms with Crippen molar-refractivity contribution in [2.24, 2.45) is 0 Å². The van der Waals surface area contributed by atoms with Crippen molar-refractivity contribution in [3.8, 4) is 0 Å². The first-order chi connectivity index (χ1) is 9.58. The Balaban J connectivity index is 1.99. The molecule has 0 aliphatic carbocycles. The van der Waals surface area contributed by atoms with Gasteiger partial charge in [0.15, 0.2) is 0 Å². The molecule has 1 fully saturated rings. The number of aryl methyl sites for hydroxylation is 2. The van der Waals surface area contributed by atoms with Crippen LogP contribution in [0.15, 0.2) is 11.1 Å². The van der Waals surface area contributed by atoms with Crippen LogP contribution in [0, 0.1) is 13.8 Å². The van der Waals surface area contributed by atoms with Gasteiger partial charge in [-0.15, -0.1) is 11.8 Å². The Morgan fingerprint density at radius 3 is 2.80 bits per heavy atom. The second kappa shape index (κ2) is 7.06. The van der Waals surface area contributed by atoms with Crippen LogP contribution in [0.25, 0.3) is 0 Å². The third-order valence-electron chi connectivity index (χ3n) is 3.28. The number of thioether (sulfide) groups is 1. The number of carboxylic acid groups (broad SMARTS) is 1. The Bertz CT molecular complexity index is 488. The molecular weight excluding hydrogens is 276 g/mol. The molecule has 1 aromatic rings. The first-order valence-electron chi connectivity index (χ1n) is 6.72. The lowest BCUT2D eigenvalue weighted by Gasteiger charge is -2.26. The number of aromatic carboxylic acids is 1. The van der Waals surface area contributed by atoms with Crippen LogP contribution in [0.3, 0.4) is 0 Å². The fraction of sp³-hybridized carbons (Fsp3) is 0.571. The third-order valence-corrected chi connectivity index (χ3v) is 4.23. The minimum Gasteiger partial charge on any atom is -0.478 e. The quantitative estimate of drug-likeness (QED) is 0.836. The molecule has 0 radical (unpaired) electrons. The normalized spacial score (nSPS) is 16.3. The molecule has 0 bridgehead atoms. The summed E-state index contributed by atoms with van der Waals surface area (Å²) >= 11 is 1.52. The smallest absolute Gasteiger partial charge is 0.338 e. The maximum absolute atomic E-state index is 11.3. The van der Waals surface area contributed by atoms with Crippen LogP contribution >= 0.6 is 11.8 Å². The first kappa shape index (κ1) is 15.3. The molecule has 1 aromatic heterocycles. The van der Waals surface area contributed by atoms with Gasteiger partial charge in [0, 0.05) is 31.1 Å². The van der Waals surface area contributed by atoms with Crippen LogP contribution in [0.1, 0.15) is 21.6 Å².